The van der Waals surface area contributed by atoms with Crippen LogP contribution in [0.5, 0.6) is 5.88 Å². The van der Waals surface area contributed by atoms with Crippen LogP contribution in [0.2, 0.25) is 5.02 Å². The highest BCUT2D eigenvalue weighted by atomic mass is 35.5. The minimum Gasteiger partial charge on any atom is -0.493 e. The van der Waals surface area contributed by atoms with Gasteiger partial charge in [-0.3, -0.25) is 4.79 Å². The molecule has 0 atom stereocenters. The Kier molecular flexibility index (Phi) is 5.72. The van der Waals surface area contributed by atoms with Gasteiger partial charge in [-0.2, -0.15) is 5.10 Å². The van der Waals surface area contributed by atoms with Gasteiger partial charge in [0.25, 0.3) is 0 Å². The van der Waals surface area contributed by atoms with Gasteiger partial charge in [-0.25, -0.2) is 17.9 Å². The zero-order valence-corrected chi connectivity index (χ0v) is 15.9. The number of ketones is 1. The number of ether oxygens (including phenoxy) is 1. The summed E-state index contributed by atoms with van der Waals surface area (Å²) in [6.45, 7) is 3.63. The second-order valence-corrected chi connectivity index (χ2v) is 7.68. The van der Waals surface area contributed by atoms with E-state index < -0.39 is 27.2 Å². The van der Waals surface area contributed by atoms with Crippen LogP contribution >= 0.6 is 11.6 Å². The van der Waals surface area contributed by atoms with Crippen molar-refractivity contribution < 1.29 is 27.9 Å². The quantitative estimate of drug-likeness (QED) is 0.582. The molecular weight excluding hydrogens is 384 g/mol. The van der Waals surface area contributed by atoms with E-state index in [1.54, 1.807) is 13.8 Å². The van der Waals surface area contributed by atoms with Crippen LogP contribution in [0.15, 0.2) is 23.2 Å². The number of carbonyl (C=O) groups is 2. The minimum atomic E-state index is -3.80. The van der Waals surface area contributed by atoms with Gasteiger partial charge in [0, 0.05) is 18.4 Å². The Bertz CT molecular complexity index is 981. The molecule has 2 aromatic rings. The van der Waals surface area contributed by atoms with E-state index >= 15 is 0 Å². The van der Waals surface area contributed by atoms with Crippen molar-refractivity contribution in [3.8, 4) is 5.88 Å². The SMILES string of the molecule is CCOC(=O)c1c(S(C)(=O)=O)ccc(C(=O)c2cnn(CC)c2O)c1Cl. The zero-order valence-electron chi connectivity index (χ0n) is 14.3. The number of carbonyl (C=O) groups excluding carboxylic acids is 2. The molecule has 0 spiro atoms. The zero-order chi connectivity index (χ0) is 19.6. The third-order valence-corrected chi connectivity index (χ3v) is 5.11. The molecule has 26 heavy (non-hydrogen) atoms. The molecule has 0 aliphatic heterocycles. The molecule has 1 aromatic carbocycles. The smallest absolute Gasteiger partial charge is 0.341 e. The number of aromatic nitrogens is 2. The lowest BCUT2D eigenvalue weighted by atomic mass is 10.0. The molecule has 0 aliphatic carbocycles. The molecular formula is C16H17ClN2O6S. The van der Waals surface area contributed by atoms with Crippen LogP contribution < -0.4 is 0 Å². The number of rotatable bonds is 6. The van der Waals surface area contributed by atoms with Crippen molar-refractivity contribution >= 4 is 33.2 Å². The molecule has 1 N–H and O–H groups in total. The number of hydrogen-bond donors (Lipinski definition) is 1. The topological polar surface area (TPSA) is 116 Å². The van der Waals surface area contributed by atoms with Crippen molar-refractivity contribution in [2.24, 2.45) is 0 Å². The molecule has 0 saturated carbocycles. The highest BCUT2D eigenvalue weighted by Crippen LogP contribution is 2.31. The van der Waals surface area contributed by atoms with Gasteiger partial charge >= 0.3 is 5.97 Å². The molecule has 0 saturated heterocycles. The Labute approximate surface area is 155 Å². The summed E-state index contributed by atoms with van der Waals surface area (Å²) in [6, 6.07) is 2.30. The van der Waals surface area contributed by atoms with Crippen LogP contribution in [0, 0.1) is 0 Å². The van der Waals surface area contributed by atoms with E-state index in [2.05, 4.69) is 5.10 Å². The second-order valence-electron chi connectivity index (χ2n) is 5.32. The van der Waals surface area contributed by atoms with Gasteiger partial charge in [0.05, 0.1) is 28.3 Å². The standard InChI is InChI=1S/C16H17ClN2O6S/c1-4-19-15(21)10(8-18-19)14(20)9-6-7-11(26(3,23)24)12(13(9)17)16(22)25-5-2/h6-8,21H,4-5H2,1-3H3. The number of nitrogens with zero attached hydrogens (tertiary/aromatic N) is 2. The monoisotopic (exact) mass is 400 g/mol. The van der Waals surface area contributed by atoms with Gasteiger partial charge in [-0.05, 0) is 26.0 Å². The minimum absolute atomic E-state index is 0.000592. The van der Waals surface area contributed by atoms with Crippen molar-refractivity contribution in [1.82, 2.24) is 9.78 Å². The average molecular weight is 401 g/mol. The molecule has 0 bridgehead atoms. The highest BCUT2D eigenvalue weighted by molar-refractivity contribution is 7.90. The fourth-order valence-corrected chi connectivity index (χ4v) is 3.61. The lowest BCUT2D eigenvalue weighted by molar-refractivity contribution is 0.0522. The molecule has 1 aromatic heterocycles. The van der Waals surface area contributed by atoms with Crippen molar-refractivity contribution in [1.29, 1.82) is 0 Å². The summed E-state index contributed by atoms with van der Waals surface area (Å²) in [4.78, 5) is 24.6. The van der Waals surface area contributed by atoms with Gasteiger partial charge in [0.2, 0.25) is 11.7 Å². The van der Waals surface area contributed by atoms with E-state index in [9.17, 15) is 23.1 Å². The molecule has 0 unspecified atom stereocenters. The lowest BCUT2D eigenvalue weighted by Gasteiger charge is -2.12. The van der Waals surface area contributed by atoms with Crippen LogP contribution in [-0.2, 0) is 21.1 Å². The first-order valence-corrected chi connectivity index (χ1v) is 9.89. The molecule has 140 valence electrons. The Morgan fingerprint density at radius 3 is 2.42 bits per heavy atom. The number of aryl methyl sites for hydroxylation is 1. The number of sulfone groups is 1. The van der Waals surface area contributed by atoms with Gasteiger partial charge in [-0.1, -0.05) is 11.6 Å². The highest BCUT2D eigenvalue weighted by Gasteiger charge is 2.29. The van der Waals surface area contributed by atoms with Gasteiger partial charge < -0.3 is 9.84 Å². The van der Waals surface area contributed by atoms with E-state index in [1.807, 2.05) is 0 Å². The number of halogens is 1. The van der Waals surface area contributed by atoms with Crippen LogP contribution in [0.3, 0.4) is 0 Å². The fraction of sp³-hybridized carbons (Fsp3) is 0.312. The lowest BCUT2D eigenvalue weighted by Crippen LogP contribution is -2.15. The van der Waals surface area contributed by atoms with E-state index in [0.717, 1.165) is 12.3 Å². The van der Waals surface area contributed by atoms with Crippen molar-refractivity contribution in [2.75, 3.05) is 12.9 Å². The molecule has 0 radical (unpaired) electrons. The normalized spacial score (nSPS) is 11.4. The molecule has 10 heteroatoms. The van der Waals surface area contributed by atoms with Gasteiger partial charge in [0.1, 0.15) is 5.56 Å². The molecule has 0 aliphatic rings. The van der Waals surface area contributed by atoms with Crippen LogP contribution in [0.1, 0.15) is 40.1 Å². The molecule has 0 fully saturated rings. The first-order valence-electron chi connectivity index (χ1n) is 7.62. The maximum Gasteiger partial charge on any atom is 0.341 e. The van der Waals surface area contributed by atoms with Crippen LogP contribution in [-0.4, -0.2) is 47.9 Å². The Morgan fingerprint density at radius 2 is 1.92 bits per heavy atom. The number of esters is 1. The van der Waals surface area contributed by atoms with Crippen LogP contribution in [0.25, 0.3) is 0 Å². The number of aromatic hydroxyl groups is 1. The van der Waals surface area contributed by atoms with Crippen LogP contribution in [0.4, 0.5) is 0 Å². The van der Waals surface area contributed by atoms with E-state index in [-0.39, 0.29) is 33.5 Å². The fourth-order valence-electron chi connectivity index (χ4n) is 2.35. The summed E-state index contributed by atoms with van der Waals surface area (Å²) in [5.74, 6) is -2.00. The summed E-state index contributed by atoms with van der Waals surface area (Å²) in [5, 5.41) is 13.6. The summed E-state index contributed by atoms with van der Waals surface area (Å²) < 4.78 is 30.0. The second kappa shape index (κ2) is 7.46. The molecule has 1 heterocycles. The Balaban J connectivity index is 2.67. The summed E-state index contributed by atoms with van der Waals surface area (Å²) in [5.41, 5.74) is -0.673. The molecule has 2 rings (SSSR count). The summed E-state index contributed by atoms with van der Waals surface area (Å²) in [7, 11) is -3.80. The van der Waals surface area contributed by atoms with Gasteiger partial charge in [-0.15, -0.1) is 0 Å². The largest absolute Gasteiger partial charge is 0.493 e. The van der Waals surface area contributed by atoms with E-state index in [4.69, 9.17) is 16.3 Å². The average Bonchev–Trinajstić information content (AvgIpc) is 2.93. The first kappa shape index (κ1) is 19.9. The number of hydrogen-bond acceptors (Lipinski definition) is 7. The Morgan fingerprint density at radius 1 is 1.27 bits per heavy atom. The third-order valence-electron chi connectivity index (χ3n) is 3.58. The van der Waals surface area contributed by atoms with Crippen molar-refractivity contribution in [3.63, 3.8) is 0 Å². The van der Waals surface area contributed by atoms with Gasteiger partial charge in [0.15, 0.2) is 9.84 Å². The maximum absolute atomic E-state index is 12.7. The van der Waals surface area contributed by atoms with Crippen molar-refractivity contribution in [3.05, 3.63) is 40.0 Å². The predicted octanol–water partition coefficient (Wildman–Crippen LogP) is 2.07. The predicted molar refractivity (Wildman–Crippen MR) is 93.5 cm³/mol. The summed E-state index contributed by atoms with van der Waals surface area (Å²) >= 11 is 6.19. The number of benzene rings is 1. The third kappa shape index (κ3) is 3.58. The maximum atomic E-state index is 12.7. The van der Waals surface area contributed by atoms with E-state index in [0.29, 0.717) is 6.54 Å². The first-order chi connectivity index (χ1) is 12.1. The molecule has 8 nitrogen and oxygen atoms in total. The summed E-state index contributed by atoms with van der Waals surface area (Å²) in [6.07, 6.45) is 2.09. The molecule has 0 amide bonds. The van der Waals surface area contributed by atoms with Crippen molar-refractivity contribution in [2.45, 2.75) is 25.3 Å². The van der Waals surface area contributed by atoms with E-state index in [1.165, 1.54) is 16.9 Å². The Hall–Kier alpha value is -2.39.